The number of hydrogen-bond acceptors (Lipinski definition) is 1. The lowest BCUT2D eigenvalue weighted by Gasteiger charge is -2.26. The summed E-state index contributed by atoms with van der Waals surface area (Å²) in [5, 5.41) is 2.87. The molecule has 0 fully saturated rings. The maximum atomic E-state index is 11.4. The Labute approximate surface area is 109 Å². The molecular formula is C16H21NO. The highest BCUT2D eigenvalue weighted by Crippen LogP contribution is 2.29. The van der Waals surface area contributed by atoms with Gasteiger partial charge in [0.2, 0.25) is 5.91 Å². The second kappa shape index (κ2) is 5.67. The summed E-state index contributed by atoms with van der Waals surface area (Å²) in [6.45, 7) is 13.7. The predicted molar refractivity (Wildman–Crippen MR) is 76.4 cm³/mol. The van der Waals surface area contributed by atoms with Crippen molar-refractivity contribution in [3.05, 3.63) is 60.7 Å². The lowest BCUT2D eigenvalue weighted by atomic mass is 9.82. The second-order valence-corrected chi connectivity index (χ2v) is 5.26. The van der Waals surface area contributed by atoms with Crippen molar-refractivity contribution in [3.8, 4) is 0 Å². The SMILES string of the molecule is C=CC(=O)NC(C=C)c1ccccc1C(C)(C)C. The highest BCUT2D eigenvalue weighted by Gasteiger charge is 2.21. The van der Waals surface area contributed by atoms with E-state index in [9.17, 15) is 4.79 Å². The first-order valence-corrected chi connectivity index (χ1v) is 6.05. The van der Waals surface area contributed by atoms with E-state index in [1.807, 2.05) is 18.2 Å². The molecule has 0 saturated heterocycles. The van der Waals surface area contributed by atoms with E-state index < -0.39 is 0 Å². The molecule has 0 aliphatic carbocycles. The molecule has 1 rings (SSSR count). The van der Waals surface area contributed by atoms with Gasteiger partial charge in [-0.3, -0.25) is 4.79 Å². The summed E-state index contributed by atoms with van der Waals surface area (Å²) in [4.78, 5) is 11.4. The van der Waals surface area contributed by atoms with Crippen LogP contribution in [0.25, 0.3) is 0 Å². The van der Waals surface area contributed by atoms with Crippen LogP contribution in [0.5, 0.6) is 0 Å². The minimum atomic E-state index is -0.191. The Kier molecular flexibility index (Phi) is 4.49. The number of hydrogen-bond donors (Lipinski definition) is 1. The summed E-state index contributed by atoms with van der Waals surface area (Å²) in [6.07, 6.45) is 3.02. The molecule has 1 aromatic carbocycles. The Morgan fingerprint density at radius 2 is 1.89 bits per heavy atom. The average molecular weight is 243 g/mol. The largest absolute Gasteiger partial charge is 0.342 e. The van der Waals surface area contributed by atoms with Gasteiger partial charge < -0.3 is 5.32 Å². The quantitative estimate of drug-likeness (QED) is 0.636. The highest BCUT2D eigenvalue weighted by molar-refractivity contribution is 5.87. The number of carbonyl (C=O) groups excluding carboxylic acids is 1. The van der Waals surface area contributed by atoms with Gasteiger partial charge in [-0.2, -0.15) is 0 Å². The van der Waals surface area contributed by atoms with Gasteiger partial charge in [0.25, 0.3) is 0 Å². The third kappa shape index (κ3) is 3.33. The molecule has 18 heavy (non-hydrogen) atoms. The molecule has 1 atom stereocenters. The van der Waals surface area contributed by atoms with Gasteiger partial charge in [-0.05, 0) is 22.6 Å². The Bertz CT molecular complexity index is 454. The van der Waals surface area contributed by atoms with E-state index in [1.54, 1.807) is 6.08 Å². The van der Waals surface area contributed by atoms with Crippen LogP contribution in [0.1, 0.15) is 37.9 Å². The number of nitrogens with one attached hydrogen (secondary N) is 1. The highest BCUT2D eigenvalue weighted by atomic mass is 16.1. The van der Waals surface area contributed by atoms with Crippen molar-refractivity contribution >= 4 is 5.91 Å². The molecular weight excluding hydrogens is 222 g/mol. The molecule has 2 heteroatoms. The Balaban J connectivity index is 3.17. The summed E-state index contributed by atoms with van der Waals surface area (Å²) < 4.78 is 0. The fraction of sp³-hybridized carbons (Fsp3) is 0.312. The summed E-state index contributed by atoms with van der Waals surface area (Å²) in [5.74, 6) is -0.191. The molecule has 0 heterocycles. The van der Waals surface area contributed by atoms with Gasteiger partial charge >= 0.3 is 0 Å². The molecule has 0 aromatic heterocycles. The van der Waals surface area contributed by atoms with Crippen LogP contribution in [-0.4, -0.2) is 5.91 Å². The smallest absolute Gasteiger partial charge is 0.244 e. The van der Waals surface area contributed by atoms with Crippen molar-refractivity contribution in [2.24, 2.45) is 0 Å². The van der Waals surface area contributed by atoms with Gasteiger partial charge in [-0.25, -0.2) is 0 Å². The van der Waals surface area contributed by atoms with Crippen molar-refractivity contribution in [1.29, 1.82) is 0 Å². The number of rotatable bonds is 4. The van der Waals surface area contributed by atoms with E-state index >= 15 is 0 Å². The summed E-state index contributed by atoms with van der Waals surface area (Å²) in [7, 11) is 0. The van der Waals surface area contributed by atoms with Gasteiger partial charge in [-0.1, -0.05) is 57.7 Å². The van der Waals surface area contributed by atoms with Crippen molar-refractivity contribution in [1.82, 2.24) is 5.32 Å². The lowest BCUT2D eigenvalue weighted by molar-refractivity contribution is -0.116. The van der Waals surface area contributed by atoms with E-state index in [4.69, 9.17) is 0 Å². The fourth-order valence-electron chi connectivity index (χ4n) is 1.93. The Morgan fingerprint density at radius 3 is 2.39 bits per heavy atom. The number of benzene rings is 1. The molecule has 0 aliphatic rings. The molecule has 96 valence electrons. The van der Waals surface area contributed by atoms with Gasteiger partial charge in [-0.15, -0.1) is 6.58 Å². The molecule has 1 amide bonds. The molecule has 2 nitrogen and oxygen atoms in total. The maximum absolute atomic E-state index is 11.4. The van der Waals surface area contributed by atoms with Gasteiger partial charge in [0, 0.05) is 0 Å². The number of carbonyl (C=O) groups is 1. The maximum Gasteiger partial charge on any atom is 0.244 e. The van der Waals surface area contributed by atoms with Crippen LogP contribution in [0.4, 0.5) is 0 Å². The molecule has 0 aliphatic heterocycles. The van der Waals surface area contributed by atoms with E-state index in [0.717, 1.165) is 5.56 Å². The first-order chi connectivity index (χ1) is 8.40. The zero-order valence-electron chi connectivity index (χ0n) is 11.4. The third-order valence-electron chi connectivity index (χ3n) is 2.82. The van der Waals surface area contributed by atoms with E-state index in [1.165, 1.54) is 11.6 Å². The van der Waals surface area contributed by atoms with Crippen LogP contribution in [0.2, 0.25) is 0 Å². The van der Waals surface area contributed by atoms with Gasteiger partial charge in [0.05, 0.1) is 6.04 Å². The van der Waals surface area contributed by atoms with E-state index in [2.05, 4.69) is 45.3 Å². The van der Waals surface area contributed by atoms with Crippen LogP contribution in [-0.2, 0) is 10.2 Å². The molecule has 1 unspecified atom stereocenters. The first kappa shape index (κ1) is 14.2. The van der Waals surface area contributed by atoms with E-state index in [-0.39, 0.29) is 17.4 Å². The van der Waals surface area contributed by atoms with Gasteiger partial charge in [0.1, 0.15) is 0 Å². The molecule has 0 saturated carbocycles. The number of amides is 1. The van der Waals surface area contributed by atoms with Crippen LogP contribution in [0.3, 0.4) is 0 Å². The molecule has 1 aromatic rings. The minimum Gasteiger partial charge on any atom is -0.342 e. The summed E-state index contributed by atoms with van der Waals surface area (Å²) in [5.41, 5.74) is 2.31. The predicted octanol–water partition coefficient (Wildman–Crippen LogP) is 3.51. The molecule has 1 N–H and O–H groups in total. The molecule has 0 spiro atoms. The van der Waals surface area contributed by atoms with Gasteiger partial charge in [0.15, 0.2) is 0 Å². The van der Waals surface area contributed by atoms with Crippen molar-refractivity contribution in [2.45, 2.75) is 32.2 Å². The van der Waals surface area contributed by atoms with Crippen molar-refractivity contribution in [2.75, 3.05) is 0 Å². The Hall–Kier alpha value is -1.83. The average Bonchev–Trinajstić information content (AvgIpc) is 2.34. The lowest BCUT2D eigenvalue weighted by Crippen LogP contribution is -2.27. The zero-order valence-corrected chi connectivity index (χ0v) is 11.4. The summed E-state index contributed by atoms with van der Waals surface area (Å²) >= 11 is 0. The summed E-state index contributed by atoms with van der Waals surface area (Å²) in [6, 6.07) is 7.91. The van der Waals surface area contributed by atoms with Crippen LogP contribution in [0.15, 0.2) is 49.6 Å². The molecule has 0 bridgehead atoms. The molecule has 0 radical (unpaired) electrons. The normalized spacial score (nSPS) is 12.6. The van der Waals surface area contributed by atoms with E-state index in [0.29, 0.717) is 0 Å². The second-order valence-electron chi connectivity index (χ2n) is 5.26. The van der Waals surface area contributed by atoms with Crippen molar-refractivity contribution in [3.63, 3.8) is 0 Å². The standard InChI is InChI=1S/C16H21NO/c1-6-14(17-15(18)7-2)12-10-8-9-11-13(12)16(3,4)5/h6-11,14H,1-2H2,3-5H3,(H,17,18). The third-order valence-corrected chi connectivity index (χ3v) is 2.82. The topological polar surface area (TPSA) is 29.1 Å². The minimum absolute atomic E-state index is 0.0246. The van der Waals surface area contributed by atoms with Crippen LogP contribution >= 0.6 is 0 Å². The van der Waals surface area contributed by atoms with Crippen LogP contribution in [0, 0.1) is 0 Å². The van der Waals surface area contributed by atoms with Crippen LogP contribution < -0.4 is 5.32 Å². The fourth-order valence-corrected chi connectivity index (χ4v) is 1.93. The monoisotopic (exact) mass is 243 g/mol. The van der Waals surface area contributed by atoms with Crippen molar-refractivity contribution < 1.29 is 4.79 Å². The zero-order chi connectivity index (χ0) is 13.8. The first-order valence-electron chi connectivity index (χ1n) is 6.05. The Morgan fingerprint density at radius 1 is 1.28 bits per heavy atom.